The van der Waals surface area contributed by atoms with Crippen molar-refractivity contribution >= 4 is 45.0 Å². The van der Waals surface area contributed by atoms with E-state index in [0.29, 0.717) is 10.8 Å². The summed E-state index contributed by atoms with van der Waals surface area (Å²) in [6.45, 7) is 0.230. The number of aromatic nitrogens is 4. The van der Waals surface area contributed by atoms with Gasteiger partial charge in [0.25, 0.3) is 0 Å². The van der Waals surface area contributed by atoms with Crippen molar-refractivity contribution in [2.45, 2.75) is 38.1 Å². The number of fused-ring (bicyclic) bond motifs is 2. The number of benzene rings is 2. The Morgan fingerprint density at radius 2 is 1.91 bits per heavy atom. The molecule has 3 heterocycles. The zero-order valence-corrected chi connectivity index (χ0v) is 19.7. The molecule has 7 nitrogen and oxygen atoms in total. The molecule has 1 saturated carbocycles. The molecule has 0 atom stereocenters. The predicted octanol–water partition coefficient (Wildman–Crippen LogP) is 6.31. The molecule has 2 aliphatic rings. The summed E-state index contributed by atoms with van der Waals surface area (Å²) in [5.74, 6) is 2.39. The molecule has 0 radical (unpaired) electrons. The number of rotatable bonds is 4. The van der Waals surface area contributed by atoms with Gasteiger partial charge in [0, 0.05) is 16.1 Å². The van der Waals surface area contributed by atoms with Crippen molar-refractivity contribution in [3.8, 4) is 28.4 Å². The minimum atomic E-state index is 0.230. The van der Waals surface area contributed by atoms with Crippen molar-refractivity contribution in [1.82, 2.24) is 19.5 Å². The molecular weight excluding hydrogens is 490 g/mol. The van der Waals surface area contributed by atoms with Gasteiger partial charge in [0.1, 0.15) is 5.82 Å². The molecule has 0 spiro atoms. The van der Waals surface area contributed by atoms with Gasteiger partial charge in [-0.15, -0.1) is 0 Å². The molecule has 1 aliphatic heterocycles. The molecule has 4 aromatic rings. The maximum atomic E-state index is 5.83. The highest BCUT2D eigenvalue weighted by Crippen LogP contribution is 2.44. The molecule has 0 unspecified atom stereocenters. The van der Waals surface area contributed by atoms with Crippen molar-refractivity contribution in [2.75, 3.05) is 12.1 Å². The molecule has 32 heavy (non-hydrogen) atoms. The van der Waals surface area contributed by atoms with Crippen molar-refractivity contribution in [3.05, 3.63) is 45.9 Å². The number of nitrogens with one attached hydrogen (secondary N) is 3. The van der Waals surface area contributed by atoms with Crippen LogP contribution < -0.4 is 14.8 Å². The van der Waals surface area contributed by atoms with Gasteiger partial charge in [-0.25, -0.2) is 4.98 Å². The third-order valence-electron chi connectivity index (χ3n) is 6.23. The predicted molar refractivity (Wildman–Crippen MR) is 130 cm³/mol. The summed E-state index contributed by atoms with van der Waals surface area (Å²) in [7, 11) is 0. The summed E-state index contributed by atoms with van der Waals surface area (Å²) in [6.07, 6.45) is 7.83. The second kappa shape index (κ2) is 7.97. The average molecular weight is 512 g/mol. The Bertz CT molecular complexity index is 1370. The lowest BCUT2D eigenvalue weighted by molar-refractivity contribution is 0.174. The monoisotopic (exact) mass is 511 g/mol. The van der Waals surface area contributed by atoms with Crippen LogP contribution in [0.15, 0.2) is 41.1 Å². The van der Waals surface area contributed by atoms with Crippen LogP contribution in [0.2, 0.25) is 0 Å². The van der Waals surface area contributed by atoms with Crippen LogP contribution in [0.3, 0.4) is 0 Å². The number of anilines is 1. The van der Waals surface area contributed by atoms with E-state index in [0.717, 1.165) is 62.6 Å². The highest BCUT2D eigenvalue weighted by molar-refractivity contribution is 9.10. The Hall–Kier alpha value is -2.78. The first-order valence-electron chi connectivity index (χ1n) is 10.8. The molecule has 1 fully saturated rings. The van der Waals surface area contributed by atoms with Crippen LogP contribution >= 0.6 is 28.1 Å². The van der Waals surface area contributed by atoms with Gasteiger partial charge < -0.3 is 24.8 Å². The van der Waals surface area contributed by atoms with Gasteiger partial charge in [-0.1, -0.05) is 19.3 Å². The minimum absolute atomic E-state index is 0.230. The summed E-state index contributed by atoms with van der Waals surface area (Å²) in [6, 6.07) is 10.5. The van der Waals surface area contributed by atoms with Crippen molar-refractivity contribution in [3.63, 3.8) is 0 Å². The molecule has 9 heteroatoms. The average Bonchev–Trinajstić information content (AvgIpc) is 3.51. The van der Waals surface area contributed by atoms with Crippen LogP contribution in [-0.2, 0) is 0 Å². The van der Waals surface area contributed by atoms with E-state index in [1.54, 1.807) is 6.33 Å². The highest BCUT2D eigenvalue weighted by Gasteiger charge is 2.25. The van der Waals surface area contributed by atoms with E-state index in [1.165, 1.54) is 19.3 Å². The van der Waals surface area contributed by atoms with E-state index in [1.807, 2.05) is 24.3 Å². The van der Waals surface area contributed by atoms with Crippen molar-refractivity contribution in [1.29, 1.82) is 0 Å². The quantitative estimate of drug-likeness (QED) is 0.279. The Kier molecular flexibility index (Phi) is 4.95. The maximum absolute atomic E-state index is 5.83. The van der Waals surface area contributed by atoms with Gasteiger partial charge in [0.2, 0.25) is 6.79 Å². The molecular formula is C23H22BrN5O2S. The fourth-order valence-corrected chi connectivity index (χ4v) is 5.46. The van der Waals surface area contributed by atoms with E-state index >= 15 is 0 Å². The maximum Gasteiger partial charge on any atom is 0.231 e. The Morgan fingerprint density at radius 1 is 1.09 bits per heavy atom. The number of ether oxygens (including phenoxy) is 2. The third kappa shape index (κ3) is 3.40. The standard InChI is InChI=1S/C23H22BrN5O2S/c24-16-10-20-19(30-12-31-20)9-15(16)21-22(27-13-4-2-1-3-5-13)28-23(32)29(21)14-6-7-17-18(8-14)26-11-25-17/h6-11,13,27H,1-5,12H2,(H,25,26)(H,28,32). The van der Waals surface area contributed by atoms with Crippen LogP contribution in [0, 0.1) is 4.77 Å². The van der Waals surface area contributed by atoms with E-state index in [-0.39, 0.29) is 6.79 Å². The summed E-state index contributed by atoms with van der Waals surface area (Å²) < 4.78 is 14.9. The first-order valence-corrected chi connectivity index (χ1v) is 12.0. The van der Waals surface area contributed by atoms with Crippen LogP contribution in [0.4, 0.5) is 5.82 Å². The number of H-pyrrole nitrogens is 2. The van der Waals surface area contributed by atoms with Gasteiger partial charge in [0.15, 0.2) is 16.3 Å². The Morgan fingerprint density at radius 3 is 2.75 bits per heavy atom. The smallest absolute Gasteiger partial charge is 0.231 e. The molecule has 0 bridgehead atoms. The molecule has 3 N–H and O–H groups in total. The Labute approximate surface area is 198 Å². The zero-order chi connectivity index (χ0) is 21.7. The second-order valence-corrected chi connectivity index (χ2v) is 9.50. The normalized spacial score (nSPS) is 16.0. The summed E-state index contributed by atoms with van der Waals surface area (Å²) in [5, 5.41) is 3.75. The van der Waals surface area contributed by atoms with E-state index < -0.39 is 0 Å². The van der Waals surface area contributed by atoms with Crippen LogP contribution in [-0.4, -0.2) is 32.4 Å². The Balaban J connectivity index is 1.55. The fraction of sp³-hybridized carbons (Fsp3) is 0.304. The third-order valence-corrected chi connectivity index (χ3v) is 7.17. The second-order valence-electron chi connectivity index (χ2n) is 8.26. The first kappa shape index (κ1) is 19.9. The topological polar surface area (TPSA) is 79.9 Å². The number of halogens is 1. The SMILES string of the molecule is S=c1[nH]c(NC2CCCCC2)c(-c2cc3c(cc2Br)OCO3)n1-c1ccc2nc[nH]c2c1. The van der Waals surface area contributed by atoms with Crippen LogP contribution in [0.5, 0.6) is 11.5 Å². The first-order chi connectivity index (χ1) is 15.7. The van der Waals surface area contributed by atoms with E-state index in [4.69, 9.17) is 21.7 Å². The summed E-state index contributed by atoms with van der Waals surface area (Å²) >= 11 is 9.58. The molecule has 1 aliphatic carbocycles. The lowest BCUT2D eigenvalue weighted by Gasteiger charge is -2.24. The highest BCUT2D eigenvalue weighted by atomic mass is 79.9. The fourth-order valence-electron chi connectivity index (χ4n) is 4.65. The summed E-state index contributed by atoms with van der Waals surface area (Å²) in [4.78, 5) is 11.0. The number of nitrogens with zero attached hydrogens (tertiary/aromatic N) is 2. The van der Waals surface area contributed by atoms with Crippen LogP contribution in [0.1, 0.15) is 32.1 Å². The number of hydrogen-bond donors (Lipinski definition) is 3. The van der Waals surface area contributed by atoms with Gasteiger partial charge >= 0.3 is 0 Å². The number of imidazole rings is 2. The van der Waals surface area contributed by atoms with Gasteiger partial charge in [-0.05, 0) is 71.3 Å². The molecule has 6 rings (SSSR count). The zero-order valence-electron chi connectivity index (χ0n) is 17.3. The van der Waals surface area contributed by atoms with Crippen molar-refractivity contribution < 1.29 is 9.47 Å². The van der Waals surface area contributed by atoms with Gasteiger partial charge in [-0.3, -0.25) is 4.57 Å². The van der Waals surface area contributed by atoms with E-state index in [9.17, 15) is 0 Å². The van der Waals surface area contributed by atoms with Gasteiger partial charge in [0.05, 0.1) is 28.7 Å². The van der Waals surface area contributed by atoms with Gasteiger partial charge in [-0.2, -0.15) is 0 Å². The molecule has 0 saturated heterocycles. The molecule has 0 amide bonds. The molecule has 2 aromatic heterocycles. The largest absolute Gasteiger partial charge is 0.454 e. The molecule has 164 valence electrons. The minimum Gasteiger partial charge on any atom is -0.454 e. The van der Waals surface area contributed by atoms with Crippen molar-refractivity contribution in [2.24, 2.45) is 0 Å². The lowest BCUT2D eigenvalue weighted by atomic mass is 9.95. The number of aromatic amines is 2. The van der Waals surface area contributed by atoms with E-state index in [2.05, 4.69) is 46.8 Å². The number of hydrogen-bond acceptors (Lipinski definition) is 5. The van der Waals surface area contributed by atoms with Crippen LogP contribution in [0.25, 0.3) is 28.0 Å². The molecule has 2 aromatic carbocycles. The summed E-state index contributed by atoms with van der Waals surface area (Å²) in [5.41, 5.74) is 4.78. The lowest BCUT2D eigenvalue weighted by Crippen LogP contribution is -2.22.